The zero-order chi connectivity index (χ0) is 11.5. The van der Waals surface area contributed by atoms with Crippen molar-refractivity contribution in [1.82, 2.24) is 9.55 Å². The lowest BCUT2D eigenvalue weighted by molar-refractivity contribution is 0.571. The van der Waals surface area contributed by atoms with E-state index in [1.807, 2.05) is 0 Å². The van der Waals surface area contributed by atoms with Crippen LogP contribution in [0.3, 0.4) is 0 Å². The van der Waals surface area contributed by atoms with Crippen molar-refractivity contribution >= 4 is 12.2 Å². The molecular weight excluding hydrogens is 224 g/mol. The van der Waals surface area contributed by atoms with Gasteiger partial charge in [-0.2, -0.15) is 0 Å². The molecule has 2 heterocycles. The van der Waals surface area contributed by atoms with E-state index >= 15 is 0 Å². The van der Waals surface area contributed by atoms with E-state index in [2.05, 4.69) is 11.6 Å². The molecule has 82 valence electrons. The molecule has 0 saturated heterocycles. The van der Waals surface area contributed by atoms with E-state index in [0.717, 1.165) is 0 Å². The topological polar surface area (TPSA) is 50.9 Å². The van der Waals surface area contributed by atoms with E-state index in [4.69, 9.17) is 16.6 Å². The average Bonchev–Trinajstić information content (AvgIpc) is 2.75. The van der Waals surface area contributed by atoms with Crippen molar-refractivity contribution in [2.45, 2.75) is 6.54 Å². The molecule has 1 N–H and O–H groups in total. The quantitative estimate of drug-likeness (QED) is 0.655. The van der Waals surface area contributed by atoms with Gasteiger partial charge in [-0.3, -0.25) is 9.55 Å². The minimum Gasteiger partial charge on any atom is -0.463 e. The van der Waals surface area contributed by atoms with Gasteiger partial charge >= 0.3 is 5.69 Å². The molecule has 0 aliphatic carbocycles. The van der Waals surface area contributed by atoms with Gasteiger partial charge in [0.1, 0.15) is 4.64 Å². The lowest BCUT2D eigenvalue weighted by Crippen LogP contribution is -2.23. The number of aromatic amines is 1. The largest absolute Gasteiger partial charge is 0.463 e. The molecule has 0 fully saturated rings. The molecule has 0 atom stereocenters. The molecule has 0 bridgehead atoms. The molecule has 0 aliphatic rings. The molecule has 0 aliphatic heterocycles. The van der Waals surface area contributed by atoms with Gasteiger partial charge < -0.3 is 4.42 Å². The van der Waals surface area contributed by atoms with Gasteiger partial charge in [0.15, 0.2) is 5.76 Å². The Kier molecular flexibility index (Phi) is 2.87. The molecule has 2 aromatic heterocycles. The van der Waals surface area contributed by atoms with Crippen LogP contribution in [-0.4, -0.2) is 9.55 Å². The summed E-state index contributed by atoms with van der Waals surface area (Å²) in [5, 5.41) is 0. The van der Waals surface area contributed by atoms with Crippen LogP contribution in [0, 0.1) is 4.64 Å². The Morgan fingerprint density at radius 2 is 2.44 bits per heavy atom. The smallest absolute Gasteiger partial charge is 0.327 e. The number of hydrogen-bond acceptors (Lipinski definition) is 3. The van der Waals surface area contributed by atoms with Crippen LogP contribution >= 0.6 is 12.2 Å². The minimum atomic E-state index is -0.265. The van der Waals surface area contributed by atoms with E-state index in [-0.39, 0.29) is 5.69 Å². The van der Waals surface area contributed by atoms with Crippen molar-refractivity contribution in [1.29, 1.82) is 0 Å². The third-order valence-corrected chi connectivity index (χ3v) is 2.34. The highest BCUT2D eigenvalue weighted by Crippen LogP contribution is 2.17. The summed E-state index contributed by atoms with van der Waals surface area (Å²) < 4.78 is 7.16. The van der Waals surface area contributed by atoms with Gasteiger partial charge in [-0.1, -0.05) is 18.3 Å². The average molecular weight is 234 g/mol. The summed E-state index contributed by atoms with van der Waals surface area (Å²) in [7, 11) is 0. The molecule has 4 nitrogen and oxygen atoms in total. The zero-order valence-corrected chi connectivity index (χ0v) is 9.29. The molecule has 0 unspecified atom stereocenters. The summed E-state index contributed by atoms with van der Waals surface area (Å²) in [6.07, 6.45) is 3.20. The number of hydrogen-bond donors (Lipinski definition) is 1. The van der Waals surface area contributed by atoms with E-state index in [1.54, 1.807) is 30.5 Å². The van der Waals surface area contributed by atoms with Gasteiger partial charge in [-0.25, -0.2) is 4.79 Å². The Morgan fingerprint density at radius 1 is 1.62 bits per heavy atom. The van der Waals surface area contributed by atoms with Crippen LogP contribution in [0.4, 0.5) is 0 Å². The number of nitrogens with one attached hydrogen (secondary N) is 1. The number of furan rings is 1. The van der Waals surface area contributed by atoms with E-state index in [1.165, 1.54) is 4.57 Å². The summed E-state index contributed by atoms with van der Waals surface area (Å²) in [5.74, 6) is 0.610. The summed E-state index contributed by atoms with van der Waals surface area (Å²) in [6, 6.07) is 5.24. The Balaban J connectivity index is 2.72. The second kappa shape index (κ2) is 4.32. The molecule has 0 saturated carbocycles. The first-order chi connectivity index (χ1) is 7.72. The highest BCUT2D eigenvalue weighted by molar-refractivity contribution is 7.71. The maximum atomic E-state index is 11.7. The van der Waals surface area contributed by atoms with Crippen LogP contribution in [0.25, 0.3) is 11.5 Å². The van der Waals surface area contributed by atoms with E-state index in [9.17, 15) is 4.79 Å². The first-order valence-electron chi connectivity index (χ1n) is 4.71. The first-order valence-corrected chi connectivity index (χ1v) is 5.12. The summed E-state index contributed by atoms with van der Waals surface area (Å²) in [6.45, 7) is 4.02. The van der Waals surface area contributed by atoms with Gasteiger partial charge in [0, 0.05) is 12.6 Å². The number of aromatic nitrogens is 2. The predicted molar refractivity (Wildman–Crippen MR) is 63.8 cm³/mol. The van der Waals surface area contributed by atoms with Gasteiger partial charge in [-0.15, -0.1) is 6.58 Å². The van der Waals surface area contributed by atoms with Crippen LogP contribution in [0.2, 0.25) is 0 Å². The number of nitrogens with zero attached hydrogens (tertiary/aromatic N) is 1. The lowest BCUT2D eigenvalue weighted by atomic mass is 10.3. The summed E-state index contributed by atoms with van der Waals surface area (Å²) >= 11 is 4.97. The molecule has 0 amide bonds. The van der Waals surface area contributed by atoms with Crippen molar-refractivity contribution < 1.29 is 4.42 Å². The second-order valence-electron chi connectivity index (χ2n) is 3.20. The zero-order valence-electron chi connectivity index (χ0n) is 8.47. The molecular formula is C11H10N2O2S. The van der Waals surface area contributed by atoms with E-state index < -0.39 is 0 Å². The molecule has 0 aromatic carbocycles. The molecule has 5 heteroatoms. The van der Waals surface area contributed by atoms with Crippen LogP contribution < -0.4 is 5.69 Å². The lowest BCUT2D eigenvalue weighted by Gasteiger charge is -2.07. The third-order valence-electron chi connectivity index (χ3n) is 2.12. The fourth-order valence-electron chi connectivity index (χ4n) is 1.46. The fourth-order valence-corrected chi connectivity index (χ4v) is 1.66. The van der Waals surface area contributed by atoms with Crippen molar-refractivity contribution in [3.63, 3.8) is 0 Å². The molecule has 2 aromatic rings. The van der Waals surface area contributed by atoms with Crippen molar-refractivity contribution in [3.8, 4) is 11.5 Å². The Morgan fingerprint density at radius 3 is 3.06 bits per heavy atom. The molecule has 0 spiro atoms. The van der Waals surface area contributed by atoms with Crippen LogP contribution in [0.1, 0.15) is 0 Å². The maximum Gasteiger partial charge on any atom is 0.327 e. The monoisotopic (exact) mass is 234 g/mol. The van der Waals surface area contributed by atoms with Crippen molar-refractivity contribution in [2.24, 2.45) is 0 Å². The Bertz CT molecular complexity index is 608. The highest BCUT2D eigenvalue weighted by Gasteiger charge is 2.08. The SMILES string of the molecule is C=CCn1c(-c2ccco2)cc(=S)[nH]c1=O. The van der Waals surface area contributed by atoms with E-state index in [0.29, 0.717) is 22.6 Å². The number of rotatable bonds is 3. The van der Waals surface area contributed by atoms with Crippen LogP contribution in [0.5, 0.6) is 0 Å². The first kappa shape index (κ1) is 10.6. The Labute approximate surface area is 96.9 Å². The molecule has 16 heavy (non-hydrogen) atoms. The molecule has 0 radical (unpaired) electrons. The summed E-state index contributed by atoms with van der Waals surface area (Å²) in [5.41, 5.74) is 0.387. The Hall–Kier alpha value is -1.88. The highest BCUT2D eigenvalue weighted by atomic mass is 32.1. The van der Waals surface area contributed by atoms with Gasteiger partial charge in [-0.05, 0) is 12.1 Å². The van der Waals surface area contributed by atoms with Crippen molar-refractivity contribution in [2.75, 3.05) is 0 Å². The normalized spacial score (nSPS) is 10.2. The van der Waals surface area contributed by atoms with Gasteiger partial charge in [0.2, 0.25) is 0 Å². The standard InChI is InChI=1S/C11H10N2O2S/c1-2-5-13-8(9-4-3-6-15-9)7-10(16)12-11(13)14/h2-4,6-7H,1,5H2,(H,12,14,16). The number of H-pyrrole nitrogens is 1. The second-order valence-corrected chi connectivity index (χ2v) is 3.64. The molecule has 2 rings (SSSR count). The maximum absolute atomic E-state index is 11.7. The summed E-state index contributed by atoms with van der Waals surface area (Å²) in [4.78, 5) is 14.3. The van der Waals surface area contributed by atoms with Crippen molar-refractivity contribution in [3.05, 3.63) is 52.2 Å². The number of allylic oxidation sites excluding steroid dienone is 1. The van der Waals surface area contributed by atoms with Crippen LogP contribution in [0.15, 0.2) is 46.3 Å². The minimum absolute atomic E-state index is 0.265. The fraction of sp³-hybridized carbons (Fsp3) is 0.0909. The third kappa shape index (κ3) is 1.90. The van der Waals surface area contributed by atoms with Gasteiger partial charge in [0.05, 0.1) is 12.0 Å². The predicted octanol–water partition coefficient (Wildman–Crippen LogP) is 2.35. The van der Waals surface area contributed by atoms with Crippen LogP contribution in [-0.2, 0) is 6.54 Å². The van der Waals surface area contributed by atoms with Gasteiger partial charge in [0.25, 0.3) is 0 Å².